The van der Waals surface area contributed by atoms with Crippen molar-refractivity contribution < 1.29 is 19.6 Å². The quantitative estimate of drug-likeness (QED) is 0.517. The van der Waals surface area contributed by atoms with Gasteiger partial charge in [0.1, 0.15) is 12.1 Å². The minimum atomic E-state index is -1.16. The molecular weight excluding hydrogens is 318 g/mol. The first-order valence-electron chi connectivity index (χ1n) is 7.71. The minimum Gasteiger partial charge on any atom is -0.480 e. The number of amides is 1. The number of nitro groups is 1. The third-order valence-electron chi connectivity index (χ3n) is 3.53. The number of hydrogen-bond acceptors (Lipinski definition) is 5. The highest BCUT2D eigenvalue weighted by Crippen LogP contribution is 2.16. The lowest BCUT2D eigenvalue weighted by Crippen LogP contribution is -2.45. The number of pyridine rings is 1. The highest BCUT2D eigenvalue weighted by molar-refractivity contribution is 5.86. The number of aliphatic carboxylic acids is 1. The summed E-state index contributed by atoms with van der Waals surface area (Å²) in [5, 5.41) is 22.4. The number of hydrogen-bond donors (Lipinski definition) is 2. The summed E-state index contributed by atoms with van der Waals surface area (Å²) < 4.78 is 0.988. The van der Waals surface area contributed by atoms with Crippen LogP contribution in [0.25, 0.3) is 0 Å². The summed E-state index contributed by atoms with van der Waals surface area (Å²) in [6.45, 7) is 3.58. The second kappa shape index (κ2) is 8.80. The second-order valence-corrected chi connectivity index (χ2v) is 5.38. The third-order valence-corrected chi connectivity index (χ3v) is 3.53. The summed E-state index contributed by atoms with van der Waals surface area (Å²) in [4.78, 5) is 45.9. The van der Waals surface area contributed by atoms with Crippen LogP contribution < -0.4 is 10.9 Å². The minimum absolute atomic E-state index is 0.254. The Morgan fingerprint density at radius 3 is 2.42 bits per heavy atom. The molecule has 1 amide bonds. The van der Waals surface area contributed by atoms with Crippen LogP contribution in [-0.4, -0.2) is 32.5 Å². The van der Waals surface area contributed by atoms with Gasteiger partial charge in [0.15, 0.2) is 0 Å². The molecule has 24 heavy (non-hydrogen) atoms. The molecule has 0 saturated heterocycles. The van der Waals surface area contributed by atoms with Crippen LogP contribution in [0.3, 0.4) is 0 Å². The zero-order chi connectivity index (χ0) is 18.3. The van der Waals surface area contributed by atoms with Gasteiger partial charge in [0.2, 0.25) is 5.91 Å². The van der Waals surface area contributed by atoms with Crippen molar-refractivity contribution in [1.29, 1.82) is 0 Å². The fourth-order valence-corrected chi connectivity index (χ4v) is 2.33. The Balaban J connectivity index is 3.16. The average molecular weight is 339 g/mol. The smallest absolute Gasteiger partial charge is 0.326 e. The van der Waals surface area contributed by atoms with Crippen LogP contribution in [0.2, 0.25) is 0 Å². The number of nitrogens with zero attached hydrogens (tertiary/aromatic N) is 2. The SMILES string of the molecule is CCCC(NC(=O)C(CCC)n1cc([N+](=O)[O-])ccc1=O)C(=O)O. The lowest BCUT2D eigenvalue weighted by Gasteiger charge is -2.21. The Bertz CT molecular complexity index is 669. The first kappa shape index (κ1) is 19.3. The van der Waals surface area contributed by atoms with E-state index in [0.717, 1.165) is 22.9 Å². The van der Waals surface area contributed by atoms with Gasteiger partial charge in [-0.3, -0.25) is 24.3 Å². The Hall–Kier alpha value is -2.71. The van der Waals surface area contributed by atoms with E-state index in [-0.39, 0.29) is 18.5 Å². The molecule has 0 aliphatic heterocycles. The van der Waals surface area contributed by atoms with Gasteiger partial charge in [-0.25, -0.2) is 4.79 Å². The molecule has 0 aliphatic rings. The molecule has 9 heteroatoms. The van der Waals surface area contributed by atoms with Gasteiger partial charge >= 0.3 is 5.97 Å². The fourth-order valence-electron chi connectivity index (χ4n) is 2.33. The van der Waals surface area contributed by atoms with Crippen molar-refractivity contribution in [2.45, 2.75) is 51.6 Å². The van der Waals surface area contributed by atoms with Crippen LogP contribution in [0.15, 0.2) is 23.1 Å². The van der Waals surface area contributed by atoms with Gasteiger partial charge in [0.25, 0.3) is 11.2 Å². The molecular formula is C15H21N3O6. The van der Waals surface area contributed by atoms with Crippen molar-refractivity contribution in [2.24, 2.45) is 0 Å². The van der Waals surface area contributed by atoms with Crippen LogP contribution in [0, 0.1) is 10.1 Å². The van der Waals surface area contributed by atoms with E-state index in [0.29, 0.717) is 12.8 Å². The maximum Gasteiger partial charge on any atom is 0.326 e. The van der Waals surface area contributed by atoms with Crippen molar-refractivity contribution in [3.8, 4) is 0 Å². The van der Waals surface area contributed by atoms with Crippen LogP contribution in [0.4, 0.5) is 5.69 Å². The maximum absolute atomic E-state index is 12.5. The molecule has 0 fully saturated rings. The zero-order valence-corrected chi connectivity index (χ0v) is 13.6. The van der Waals surface area contributed by atoms with E-state index < -0.39 is 34.4 Å². The van der Waals surface area contributed by atoms with E-state index in [9.17, 15) is 24.5 Å². The number of carbonyl (C=O) groups excluding carboxylic acids is 1. The van der Waals surface area contributed by atoms with Gasteiger partial charge in [-0.05, 0) is 12.8 Å². The predicted octanol–water partition coefficient (Wildman–Crippen LogP) is 1.47. The molecule has 0 radical (unpaired) electrons. The van der Waals surface area contributed by atoms with Crippen LogP contribution in [0.1, 0.15) is 45.6 Å². The topological polar surface area (TPSA) is 132 Å². The molecule has 2 atom stereocenters. The van der Waals surface area contributed by atoms with Gasteiger partial charge in [-0.1, -0.05) is 26.7 Å². The molecule has 0 aliphatic carbocycles. The summed E-state index contributed by atoms with van der Waals surface area (Å²) >= 11 is 0. The van der Waals surface area contributed by atoms with Crippen molar-refractivity contribution in [3.05, 3.63) is 38.8 Å². The average Bonchev–Trinajstić information content (AvgIpc) is 2.52. The molecule has 2 unspecified atom stereocenters. The van der Waals surface area contributed by atoms with E-state index in [1.165, 1.54) is 0 Å². The van der Waals surface area contributed by atoms with Crippen molar-refractivity contribution in [2.75, 3.05) is 0 Å². The number of rotatable bonds is 9. The summed E-state index contributed by atoms with van der Waals surface area (Å²) in [7, 11) is 0. The number of carboxylic acids is 1. The predicted molar refractivity (Wildman–Crippen MR) is 85.8 cm³/mol. The van der Waals surface area contributed by atoms with Gasteiger partial charge in [-0.2, -0.15) is 0 Å². The summed E-state index contributed by atoms with van der Waals surface area (Å²) in [5.74, 6) is -1.80. The monoisotopic (exact) mass is 339 g/mol. The molecule has 0 spiro atoms. The first-order chi connectivity index (χ1) is 11.3. The van der Waals surface area contributed by atoms with Gasteiger partial charge in [-0.15, -0.1) is 0 Å². The van der Waals surface area contributed by atoms with Crippen LogP contribution in [0.5, 0.6) is 0 Å². The lowest BCUT2D eigenvalue weighted by molar-refractivity contribution is -0.385. The van der Waals surface area contributed by atoms with Gasteiger partial charge < -0.3 is 10.4 Å². The van der Waals surface area contributed by atoms with Gasteiger partial charge in [0, 0.05) is 12.1 Å². The summed E-state index contributed by atoms with van der Waals surface area (Å²) in [5.41, 5.74) is -0.872. The standard InChI is InChI=1S/C15H21N3O6/c1-3-5-11(15(21)22)16-14(20)12(6-4-2)17-9-10(18(23)24)7-8-13(17)19/h7-9,11-12H,3-6H2,1-2H3,(H,16,20)(H,21,22). The number of carbonyl (C=O) groups is 2. The number of nitrogens with one attached hydrogen (secondary N) is 1. The molecule has 0 aromatic carbocycles. The van der Waals surface area contributed by atoms with Crippen molar-refractivity contribution in [1.82, 2.24) is 9.88 Å². The zero-order valence-electron chi connectivity index (χ0n) is 13.6. The maximum atomic E-state index is 12.5. The van der Waals surface area contributed by atoms with E-state index >= 15 is 0 Å². The van der Waals surface area contributed by atoms with Gasteiger partial charge in [0.05, 0.1) is 11.1 Å². The lowest BCUT2D eigenvalue weighted by atomic mass is 10.1. The fraction of sp³-hybridized carbons (Fsp3) is 0.533. The second-order valence-electron chi connectivity index (χ2n) is 5.38. The highest BCUT2D eigenvalue weighted by atomic mass is 16.6. The Morgan fingerprint density at radius 1 is 1.29 bits per heavy atom. The molecule has 1 rings (SSSR count). The first-order valence-corrected chi connectivity index (χ1v) is 7.71. The molecule has 2 N–H and O–H groups in total. The van der Waals surface area contributed by atoms with E-state index in [1.807, 2.05) is 0 Å². The van der Waals surface area contributed by atoms with Crippen molar-refractivity contribution >= 4 is 17.6 Å². The largest absolute Gasteiger partial charge is 0.480 e. The number of aromatic nitrogens is 1. The highest BCUT2D eigenvalue weighted by Gasteiger charge is 2.27. The Morgan fingerprint density at radius 2 is 1.92 bits per heavy atom. The molecule has 0 bridgehead atoms. The molecule has 132 valence electrons. The molecule has 1 aromatic heterocycles. The van der Waals surface area contributed by atoms with Crippen LogP contribution >= 0.6 is 0 Å². The third kappa shape index (κ3) is 4.90. The summed E-state index contributed by atoms with van der Waals surface area (Å²) in [6, 6.07) is 0.0310. The summed E-state index contributed by atoms with van der Waals surface area (Å²) in [6.07, 6.45) is 2.62. The normalized spacial score (nSPS) is 13.1. The molecule has 9 nitrogen and oxygen atoms in total. The molecule has 1 aromatic rings. The Labute approximate surface area is 138 Å². The Kier molecular flexibility index (Phi) is 7.09. The molecule has 0 saturated carbocycles. The van der Waals surface area contributed by atoms with E-state index in [4.69, 9.17) is 5.11 Å². The van der Waals surface area contributed by atoms with E-state index in [1.54, 1.807) is 13.8 Å². The van der Waals surface area contributed by atoms with Crippen molar-refractivity contribution in [3.63, 3.8) is 0 Å². The number of carboxylic acid groups (broad SMARTS) is 1. The molecule has 1 heterocycles. The van der Waals surface area contributed by atoms with E-state index in [2.05, 4.69) is 5.32 Å². The van der Waals surface area contributed by atoms with Crippen LogP contribution in [-0.2, 0) is 9.59 Å².